The number of non-ortho nitro benzene ring substituents is 1. The molecule has 0 bridgehead atoms. The molecule has 2 aromatic carbocycles. The molecule has 0 atom stereocenters. The van der Waals surface area contributed by atoms with Crippen LogP contribution in [0.5, 0.6) is 11.5 Å². The van der Waals surface area contributed by atoms with Gasteiger partial charge in [0.1, 0.15) is 0 Å². The van der Waals surface area contributed by atoms with E-state index in [1.165, 1.54) is 24.3 Å². The number of hydrazone groups is 1. The van der Waals surface area contributed by atoms with Gasteiger partial charge >= 0.3 is 0 Å². The molecule has 0 saturated carbocycles. The van der Waals surface area contributed by atoms with E-state index in [4.69, 9.17) is 9.47 Å². The zero-order chi connectivity index (χ0) is 19.8. The van der Waals surface area contributed by atoms with Gasteiger partial charge in [-0.2, -0.15) is 5.10 Å². The highest BCUT2D eigenvalue weighted by molar-refractivity contribution is 6.01. The fourth-order valence-corrected chi connectivity index (χ4v) is 2.30. The van der Waals surface area contributed by atoms with Crippen LogP contribution in [0.25, 0.3) is 0 Å². The van der Waals surface area contributed by atoms with Gasteiger partial charge in [0.2, 0.25) is 0 Å². The maximum atomic E-state index is 12.2. The van der Waals surface area contributed by atoms with Crippen LogP contribution in [-0.2, 0) is 0 Å². The van der Waals surface area contributed by atoms with Gasteiger partial charge in [0.15, 0.2) is 11.5 Å². The third kappa shape index (κ3) is 5.27. The molecule has 0 fully saturated rings. The van der Waals surface area contributed by atoms with E-state index in [9.17, 15) is 14.9 Å². The molecule has 0 saturated heterocycles. The molecule has 1 N–H and O–H groups in total. The first-order chi connectivity index (χ1) is 13.0. The van der Waals surface area contributed by atoms with E-state index in [0.717, 1.165) is 5.56 Å². The van der Waals surface area contributed by atoms with Gasteiger partial charge in [0.25, 0.3) is 11.6 Å². The van der Waals surface area contributed by atoms with Gasteiger partial charge in [-0.05, 0) is 45.0 Å². The van der Waals surface area contributed by atoms with Gasteiger partial charge in [0.05, 0.1) is 23.8 Å². The summed E-state index contributed by atoms with van der Waals surface area (Å²) >= 11 is 0. The highest BCUT2D eigenvalue weighted by Gasteiger charge is 2.12. The minimum absolute atomic E-state index is 0.155. The first kappa shape index (κ1) is 19.9. The van der Waals surface area contributed by atoms with Crippen LogP contribution in [-0.4, -0.2) is 29.8 Å². The maximum Gasteiger partial charge on any atom is 0.271 e. The number of ether oxygens (including phenoxy) is 2. The van der Waals surface area contributed by atoms with E-state index in [-0.39, 0.29) is 11.3 Å². The number of rotatable bonds is 8. The number of nitrogens with zero attached hydrogens (tertiary/aromatic N) is 2. The number of nitrogens with one attached hydrogen (secondary N) is 1. The summed E-state index contributed by atoms with van der Waals surface area (Å²) in [5.74, 6) is 0.696. The van der Waals surface area contributed by atoms with Crippen molar-refractivity contribution in [1.29, 1.82) is 0 Å². The molecular weight excluding hydrogens is 350 g/mol. The van der Waals surface area contributed by atoms with Crippen LogP contribution in [0, 0.1) is 10.1 Å². The quantitative estimate of drug-likeness (QED) is 0.434. The zero-order valence-corrected chi connectivity index (χ0v) is 15.4. The molecule has 2 rings (SSSR count). The van der Waals surface area contributed by atoms with Crippen molar-refractivity contribution in [3.8, 4) is 11.5 Å². The van der Waals surface area contributed by atoms with Crippen molar-refractivity contribution in [2.45, 2.75) is 20.8 Å². The number of hydrogen-bond acceptors (Lipinski definition) is 6. The number of nitro groups is 1. The van der Waals surface area contributed by atoms with E-state index in [1.54, 1.807) is 19.1 Å². The first-order valence-corrected chi connectivity index (χ1v) is 8.45. The van der Waals surface area contributed by atoms with Gasteiger partial charge < -0.3 is 9.47 Å². The summed E-state index contributed by atoms with van der Waals surface area (Å²) in [4.78, 5) is 22.4. The van der Waals surface area contributed by atoms with Crippen LogP contribution in [0.2, 0.25) is 0 Å². The molecule has 0 spiro atoms. The minimum Gasteiger partial charge on any atom is -0.490 e. The minimum atomic E-state index is -0.555. The number of carbonyl (C=O) groups excluding carboxylic acids is 1. The highest BCUT2D eigenvalue weighted by Crippen LogP contribution is 2.28. The van der Waals surface area contributed by atoms with E-state index < -0.39 is 10.8 Å². The number of benzene rings is 2. The monoisotopic (exact) mass is 371 g/mol. The van der Waals surface area contributed by atoms with E-state index >= 15 is 0 Å². The average molecular weight is 371 g/mol. The lowest BCUT2D eigenvalue weighted by atomic mass is 10.1. The summed E-state index contributed by atoms with van der Waals surface area (Å²) in [5, 5.41) is 14.9. The predicted octanol–water partition coefficient (Wildman–Crippen LogP) is 3.55. The van der Waals surface area contributed by atoms with Crippen LogP contribution < -0.4 is 14.9 Å². The van der Waals surface area contributed by atoms with E-state index in [1.807, 2.05) is 19.9 Å². The third-order valence-electron chi connectivity index (χ3n) is 3.61. The zero-order valence-electron chi connectivity index (χ0n) is 15.4. The molecule has 27 heavy (non-hydrogen) atoms. The molecule has 8 heteroatoms. The Hall–Kier alpha value is -3.42. The van der Waals surface area contributed by atoms with Gasteiger partial charge in [0, 0.05) is 23.3 Å². The standard InChI is InChI=1S/C19H21N3O5/c1-4-26-17-10-9-14(12-18(17)27-5-2)13(3)20-21-19(23)15-7-6-8-16(11-15)22(24)25/h6-12H,4-5H2,1-3H3,(H,21,23)/b20-13-. The van der Waals surface area contributed by atoms with E-state index in [0.29, 0.717) is 30.4 Å². The van der Waals surface area contributed by atoms with Crippen molar-refractivity contribution in [3.05, 3.63) is 63.7 Å². The second-order valence-electron chi connectivity index (χ2n) is 5.47. The van der Waals surface area contributed by atoms with Crippen molar-refractivity contribution >= 4 is 17.3 Å². The second kappa shape index (κ2) is 9.33. The Kier molecular flexibility index (Phi) is 6.87. The molecule has 142 valence electrons. The molecule has 0 heterocycles. The Labute approximate surface area is 157 Å². The molecule has 2 aromatic rings. The Morgan fingerprint density at radius 3 is 2.44 bits per heavy atom. The smallest absolute Gasteiger partial charge is 0.271 e. The first-order valence-electron chi connectivity index (χ1n) is 8.45. The van der Waals surface area contributed by atoms with Crippen LogP contribution in [0.15, 0.2) is 47.6 Å². The summed E-state index contributed by atoms with van der Waals surface area (Å²) in [5.41, 5.74) is 3.71. The summed E-state index contributed by atoms with van der Waals surface area (Å²) in [6.45, 7) is 6.51. The highest BCUT2D eigenvalue weighted by atomic mass is 16.6. The lowest BCUT2D eigenvalue weighted by Gasteiger charge is -2.12. The van der Waals surface area contributed by atoms with Crippen LogP contribution in [0.3, 0.4) is 0 Å². The average Bonchev–Trinajstić information content (AvgIpc) is 2.67. The summed E-state index contributed by atoms with van der Waals surface area (Å²) in [7, 11) is 0. The molecule has 1 amide bonds. The lowest BCUT2D eigenvalue weighted by Crippen LogP contribution is -2.19. The number of amides is 1. The molecule has 0 radical (unpaired) electrons. The summed E-state index contributed by atoms with van der Waals surface area (Å²) in [6, 6.07) is 10.8. The topological polar surface area (TPSA) is 103 Å². The Balaban J connectivity index is 2.17. The molecule has 0 aliphatic heterocycles. The molecule has 0 aliphatic carbocycles. The Morgan fingerprint density at radius 2 is 1.78 bits per heavy atom. The van der Waals surface area contributed by atoms with Crippen molar-refractivity contribution in [3.63, 3.8) is 0 Å². The third-order valence-corrected chi connectivity index (χ3v) is 3.61. The fourth-order valence-electron chi connectivity index (χ4n) is 2.30. The fraction of sp³-hybridized carbons (Fsp3) is 0.263. The molecule has 0 aromatic heterocycles. The van der Waals surface area contributed by atoms with Gasteiger partial charge in [-0.1, -0.05) is 6.07 Å². The molecule has 8 nitrogen and oxygen atoms in total. The van der Waals surface area contributed by atoms with Crippen molar-refractivity contribution in [2.75, 3.05) is 13.2 Å². The van der Waals surface area contributed by atoms with E-state index in [2.05, 4.69) is 10.5 Å². The van der Waals surface area contributed by atoms with Gasteiger partial charge in [-0.3, -0.25) is 14.9 Å². The van der Waals surface area contributed by atoms with Crippen molar-refractivity contribution in [1.82, 2.24) is 5.43 Å². The molecule has 0 aliphatic rings. The van der Waals surface area contributed by atoms with Crippen LogP contribution in [0.4, 0.5) is 5.69 Å². The van der Waals surface area contributed by atoms with Crippen molar-refractivity contribution in [2.24, 2.45) is 5.10 Å². The normalized spacial score (nSPS) is 11.0. The van der Waals surface area contributed by atoms with Gasteiger partial charge in [-0.15, -0.1) is 0 Å². The van der Waals surface area contributed by atoms with Gasteiger partial charge in [-0.25, -0.2) is 5.43 Å². The maximum absolute atomic E-state index is 12.2. The number of nitro benzene ring substituents is 1. The number of carbonyl (C=O) groups is 1. The Morgan fingerprint density at radius 1 is 1.07 bits per heavy atom. The summed E-state index contributed by atoms with van der Waals surface area (Å²) < 4.78 is 11.1. The largest absolute Gasteiger partial charge is 0.490 e. The Bertz CT molecular complexity index is 864. The van der Waals surface area contributed by atoms with Crippen molar-refractivity contribution < 1.29 is 19.2 Å². The molecular formula is C19H21N3O5. The lowest BCUT2D eigenvalue weighted by molar-refractivity contribution is -0.384. The SMILES string of the molecule is CCOc1ccc(/C(C)=N\NC(=O)c2cccc([N+](=O)[O-])c2)cc1OCC. The number of hydrogen-bond donors (Lipinski definition) is 1. The predicted molar refractivity (Wildman–Crippen MR) is 102 cm³/mol. The second-order valence-corrected chi connectivity index (χ2v) is 5.47. The van der Waals surface area contributed by atoms with Crippen LogP contribution >= 0.6 is 0 Å². The molecule has 0 unspecified atom stereocenters. The van der Waals surface area contributed by atoms with Crippen LogP contribution in [0.1, 0.15) is 36.7 Å². The summed E-state index contributed by atoms with van der Waals surface area (Å²) in [6.07, 6.45) is 0.